The van der Waals surface area contributed by atoms with Gasteiger partial charge in [0.25, 0.3) is 0 Å². The van der Waals surface area contributed by atoms with Gasteiger partial charge >= 0.3 is 0 Å². The Morgan fingerprint density at radius 3 is 2.39 bits per heavy atom. The highest BCUT2D eigenvalue weighted by molar-refractivity contribution is 7.90. The number of hydrogen-bond acceptors (Lipinski definition) is 4. The van der Waals surface area contributed by atoms with Crippen molar-refractivity contribution in [2.75, 3.05) is 7.05 Å². The first kappa shape index (κ1) is 13.8. The van der Waals surface area contributed by atoms with Crippen LogP contribution in [0.4, 0.5) is 0 Å². The van der Waals surface area contributed by atoms with Gasteiger partial charge in [-0.05, 0) is 32.1 Å². The number of nitrogens with zero attached hydrogens (tertiary/aromatic N) is 2. The molecule has 1 N–H and O–H groups in total. The molecule has 6 heteroatoms. The first-order chi connectivity index (χ1) is 8.48. The first-order valence-corrected chi connectivity index (χ1v) is 8.11. The number of piperidine rings is 1. The topological polar surface area (TPSA) is 73.2 Å². The van der Waals surface area contributed by atoms with E-state index in [0.717, 1.165) is 25.7 Å². The fourth-order valence-electron chi connectivity index (χ4n) is 3.10. The minimum atomic E-state index is -3.48. The Balaban J connectivity index is 2.12. The zero-order valence-electron chi connectivity index (χ0n) is 11.0. The predicted octanol–water partition coefficient (Wildman–Crippen LogP) is 0.833. The average Bonchev–Trinajstić information content (AvgIpc) is 2.68. The minimum absolute atomic E-state index is 0.0520. The fourth-order valence-corrected chi connectivity index (χ4v) is 4.64. The summed E-state index contributed by atoms with van der Waals surface area (Å²) < 4.78 is 26.1. The molecule has 0 amide bonds. The van der Waals surface area contributed by atoms with Gasteiger partial charge in [0.15, 0.2) is 5.25 Å². The van der Waals surface area contributed by atoms with E-state index in [1.165, 1.54) is 4.31 Å². The van der Waals surface area contributed by atoms with Crippen molar-refractivity contribution in [3.8, 4) is 6.07 Å². The van der Waals surface area contributed by atoms with Crippen molar-refractivity contribution in [1.82, 2.24) is 9.62 Å². The average molecular weight is 271 g/mol. The lowest BCUT2D eigenvalue weighted by atomic mass is 10.0. The van der Waals surface area contributed by atoms with Gasteiger partial charge in [0, 0.05) is 25.2 Å². The second-order valence-electron chi connectivity index (χ2n) is 5.35. The predicted molar refractivity (Wildman–Crippen MR) is 69.3 cm³/mol. The molecule has 0 radical (unpaired) electrons. The summed E-state index contributed by atoms with van der Waals surface area (Å²) in [6.45, 7) is 1.74. The highest BCUT2D eigenvalue weighted by Crippen LogP contribution is 2.31. The van der Waals surface area contributed by atoms with Crippen molar-refractivity contribution in [3.05, 3.63) is 0 Å². The van der Waals surface area contributed by atoms with Crippen molar-refractivity contribution in [2.45, 2.75) is 62.4 Å². The molecule has 0 aromatic rings. The van der Waals surface area contributed by atoms with E-state index >= 15 is 0 Å². The molecule has 2 heterocycles. The van der Waals surface area contributed by atoms with Crippen LogP contribution in [-0.4, -0.2) is 43.1 Å². The molecule has 0 aromatic carbocycles. The van der Waals surface area contributed by atoms with E-state index in [-0.39, 0.29) is 6.04 Å². The molecule has 2 fully saturated rings. The molecule has 2 aliphatic heterocycles. The summed E-state index contributed by atoms with van der Waals surface area (Å²) in [5, 5.41) is 11.5. The number of rotatable bonds is 4. The van der Waals surface area contributed by atoms with Gasteiger partial charge < -0.3 is 5.32 Å². The fraction of sp³-hybridized carbons (Fsp3) is 0.917. The molecule has 2 bridgehead atoms. The van der Waals surface area contributed by atoms with Crippen molar-refractivity contribution in [1.29, 1.82) is 5.26 Å². The van der Waals surface area contributed by atoms with Crippen LogP contribution in [0.5, 0.6) is 0 Å². The second-order valence-corrected chi connectivity index (χ2v) is 7.53. The molecule has 0 spiro atoms. The van der Waals surface area contributed by atoms with Gasteiger partial charge in [0.1, 0.15) is 0 Å². The van der Waals surface area contributed by atoms with Crippen LogP contribution in [0.3, 0.4) is 0 Å². The Morgan fingerprint density at radius 1 is 1.39 bits per heavy atom. The maximum absolute atomic E-state index is 12.3. The first-order valence-electron chi connectivity index (χ1n) is 6.61. The quantitative estimate of drug-likeness (QED) is 0.822. The molecule has 3 unspecified atom stereocenters. The van der Waals surface area contributed by atoms with E-state index < -0.39 is 15.3 Å². The lowest BCUT2D eigenvalue weighted by molar-refractivity contribution is 0.250. The van der Waals surface area contributed by atoms with Gasteiger partial charge in [-0.2, -0.15) is 5.26 Å². The van der Waals surface area contributed by atoms with E-state index in [1.54, 1.807) is 14.0 Å². The Morgan fingerprint density at radius 2 is 1.94 bits per heavy atom. The molecule has 102 valence electrons. The lowest BCUT2D eigenvalue weighted by Crippen LogP contribution is -2.50. The Hall–Kier alpha value is -0.640. The minimum Gasteiger partial charge on any atom is -0.311 e. The molecule has 2 aliphatic rings. The monoisotopic (exact) mass is 271 g/mol. The van der Waals surface area contributed by atoms with Crippen LogP contribution in [-0.2, 0) is 10.0 Å². The summed E-state index contributed by atoms with van der Waals surface area (Å²) in [5.41, 5.74) is 0. The summed E-state index contributed by atoms with van der Waals surface area (Å²) in [7, 11) is -1.85. The highest BCUT2D eigenvalue weighted by atomic mass is 32.2. The molecule has 0 aromatic heterocycles. The van der Waals surface area contributed by atoms with Gasteiger partial charge in [0.2, 0.25) is 10.0 Å². The van der Waals surface area contributed by atoms with E-state index in [2.05, 4.69) is 5.32 Å². The number of sulfonamides is 1. The van der Waals surface area contributed by atoms with Gasteiger partial charge in [0.05, 0.1) is 6.07 Å². The summed E-state index contributed by atoms with van der Waals surface area (Å²) in [5.74, 6) is 0. The van der Waals surface area contributed by atoms with Gasteiger partial charge in [-0.15, -0.1) is 0 Å². The van der Waals surface area contributed by atoms with Gasteiger partial charge in [-0.25, -0.2) is 12.7 Å². The molecule has 0 saturated carbocycles. The summed E-state index contributed by atoms with van der Waals surface area (Å²) >= 11 is 0. The van der Waals surface area contributed by atoms with Crippen LogP contribution >= 0.6 is 0 Å². The van der Waals surface area contributed by atoms with Crippen LogP contribution in [0.15, 0.2) is 0 Å². The largest absolute Gasteiger partial charge is 0.311 e. The highest BCUT2D eigenvalue weighted by Gasteiger charge is 2.40. The lowest BCUT2D eigenvalue weighted by Gasteiger charge is -2.35. The molecule has 2 saturated heterocycles. The van der Waals surface area contributed by atoms with E-state index in [9.17, 15) is 8.42 Å². The zero-order valence-corrected chi connectivity index (χ0v) is 11.8. The maximum Gasteiger partial charge on any atom is 0.230 e. The number of fused-ring (bicyclic) bond motifs is 2. The molecule has 2 rings (SSSR count). The molecular weight excluding hydrogens is 250 g/mol. The zero-order chi connectivity index (χ0) is 13.3. The normalized spacial score (nSPS) is 33.3. The second kappa shape index (κ2) is 5.16. The Bertz CT molecular complexity index is 431. The number of nitriles is 1. The van der Waals surface area contributed by atoms with Crippen molar-refractivity contribution in [3.63, 3.8) is 0 Å². The van der Waals surface area contributed by atoms with Crippen LogP contribution in [0.25, 0.3) is 0 Å². The van der Waals surface area contributed by atoms with Crippen molar-refractivity contribution < 1.29 is 8.42 Å². The molecular formula is C12H21N3O2S. The van der Waals surface area contributed by atoms with Crippen molar-refractivity contribution in [2.24, 2.45) is 0 Å². The smallest absolute Gasteiger partial charge is 0.230 e. The third-order valence-corrected chi connectivity index (χ3v) is 6.50. The molecule has 0 aliphatic carbocycles. The molecule has 3 atom stereocenters. The molecule has 5 nitrogen and oxygen atoms in total. The third-order valence-electron chi connectivity index (χ3n) is 4.24. The Kier molecular flexibility index (Phi) is 3.95. The number of hydrogen-bond donors (Lipinski definition) is 1. The van der Waals surface area contributed by atoms with E-state index in [1.807, 2.05) is 6.07 Å². The maximum atomic E-state index is 12.3. The van der Waals surface area contributed by atoms with E-state index in [0.29, 0.717) is 18.5 Å². The summed E-state index contributed by atoms with van der Waals surface area (Å²) in [6.07, 6.45) is 4.37. The van der Waals surface area contributed by atoms with E-state index in [4.69, 9.17) is 5.26 Å². The van der Waals surface area contributed by atoms with Crippen molar-refractivity contribution >= 4 is 10.0 Å². The van der Waals surface area contributed by atoms with Crippen LogP contribution in [0.2, 0.25) is 0 Å². The van der Waals surface area contributed by atoms with Gasteiger partial charge in [-0.3, -0.25) is 0 Å². The SMILES string of the molecule is CCC(C#N)S(=O)(=O)N(C)C1CC2CCC(C1)N2. The summed E-state index contributed by atoms with van der Waals surface area (Å²) in [6, 6.07) is 2.86. The molecule has 18 heavy (non-hydrogen) atoms. The number of nitrogens with one attached hydrogen (secondary N) is 1. The van der Waals surface area contributed by atoms with Crippen LogP contribution < -0.4 is 5.32 Å². The standard InChI is InChI=1S/C12H21N3O2S/c1-3-12(8-13)18(16,17)15(2)11-6-9-4-5-10(7-11)14-9/h9-12,14H,3-7H2,1-2H3. The Labute approximate surface area is 109 Å². The van der Waals surface area contributed by atoms with Crippen LogP contribution in [0.1, 0.15) is 39.0 Å². The van der Waals surface area contributed by atoms with Crippen LogP contribution in [0, 0.1) is 11.3 Å². The van der Waals surface area contributed by atoms with Gasteiger partial charge in [-0.1, -0.05) is 6.92 Å². The summed E-state index contributed by atoms with van der Waals surface area (Å²) in [4.78, 5) is 0. The third kappa shape index (κ3) is 2.40.